The molecule has 0 aliphatic heterocycles. The number of aromatic amines is 1. The first kappa shape index (κ1) is 82.6. The first-order valence-electron chi connectivity index (χ1n) is 32.5. The maximum atomic E-state index is 14.4. The van der Waals surface area contributed by atoms with Gasteiger partial charge in [0.25, 0.3) is 0 Å². The topological polar surface area (TPSA) is 560 Å². The number of H-pyrrole nitrogens is 1. The zero-order valence-electron chi connectivity index (χ0n) is 56.4. The number of carboxylic acids is 1. The molecule has 0 fully saturated rings. The zero-order valence-corrected chi connectivity index (χ0v) is 56.4. The second-order valence-corrected chi connectivity index (χ2v) is 25.1. The first-order valence-corrected chi connectivity index (χ1v) is 32.5. The molecule has 33 heteroatoms. The van der Waals surface area contributed by atoms with E-state index in [2.05, 4.69) is 72.0 Å². The Morgan fingerprint density at radius 3 is 1.49 bits per heavy atom. The Hall–Kier alpha value is -9.60. The maximum absolute atomic E-state index is 14.4. The normalized spacial score (nSPS) is 15.3. The van der Waals surface area contributed by atoms with Crippen LogP contribution in [0.25, 0.3) is 10.9 Å². The summed E-state index contributed by atoms with van der Waals surface area (Å²) in [5.41, 5.74) is 23.8. The number of unbranched alkanes of at least 4 members (excludes halogenated alkanes) is 1. The van der Waals surface area contributed by atoms with Gasteiger partial charge in [0, 0.05) is 36.4 Å². The number of aliphatic hydroxyl groups excluding tert-OH is 3. The molecule has 3 aromatic rings. The first-order chi connectivity index (χ1) is 46.1. The van der Waals surface area contributed by atoms with Crippen LogP contribution in [0.5, 0.6) is 0 Å². The van der Waals surface area contributed by atoms with Crippen LogP contribution in [-0.4, -0.2) is 194 Å². The Kier molecular flexibility index (Phi) is 35.0. The molecule has 98 heavy (non-hydrogen) atoms. The molecule has 23 N–H and O–H groups in total. The number of carbonyl (C=O) groups is 14. The monoisotopic (exact) mass is 1380 g/mol. The summed E-state index contributed by atoms with van der Waals surface area (Å²) in [6.07, 6.45) is -3.99. The molecule has 542 valence electrons. The van der Waals surface area contributed by atoms with Gasteiger partial charge in [-0.25, -0.2) is 4.79 Å². The smallest absolute Gasteiger partial charge is 0.326 e. The lowest BCUT2D eigenvalue weighted by Crippen LogP contribution is -2.62. The molecule has 1 heterocycles. The summed E-state index contributed by atoms with van der Waals surface area (Å²) in [6, 6.07) is -0.169. The van der Waals surface area contributed by atoms with E-state index < -0.39 is 206 Å². The number of primary amides is 3. The van der Waals surface area contributed by atoms with E-state index in [0.717, 1.165) is 19.8 Å². The number of nitrogens with one attached hydrogen (secondary N) is 11. The number of para-hydroxylation sites is 1. The lowest BCUT2D eigenvalue weighted by atomic mass is 9.98. The Morgan fingerprint density at radius 2 is 0.949 bits per heavy atom. The van der Waals surface area contributed by atoms with E-state index in [9.17, 15) is 87.5 Å². The number of aliphatic hydroxyl groups is 3. The number of carbonyl (C=O) groups excluding carboxylic acids is 13. The van der Waals surface area contributed by atoms with Crippen LogP contribution in [0.3, 0.4) is 0 Å². The summed E-state index contributed by atoms with van der Waals surface area (Å²) in [5.74, 6) is -16.4. The lowest BCUT2D eigenvalue weighted by Gasteiger charge is -2.29. The van der Waals surface area contributed by atoms with Gasteiger partial charge in [-0.05, 0) is 61.3 Å². The standard InChI is InChI=1S/C65H99N15O18/c1-8-35(6)55(65(97)98)79-60(92)44(25-38-31-70-42-21-15-14-20-41(38)42)73-53(88)32-71-63(95)56(36(7)81)80-61(93)45(26-40(83)22-23-66)74-58(90)47(29-50(68)85)76-59(91)48(30-51(69)86)75-57(89)43(24-37-17-10-9-11-18-37)77-64(96)54(34(4)5)78-62(94)46(28-49(67)84)72-52(87)27-39(82)19-13-12-16-33(2)3/h9-11,14-15,17-18,20-21,31,33-36,39-40,43-48,54-56,70,81-83H,8,12-13,16,19,22-30,32,66H2,1-7H3,(H2,67,84)(H2,68,85)(H2,69,86)(H,71,95)(H,72,87)(H,73,88)(H,74,90)(H,75,89)(H,76,91)(H,77,96)(H,78,94)(H,79,92)(H,80,93)(H,97,98)/t35?,36-,39?,40?,43?,44?,45?,46?,47?,48?,54?,55?,56+/m1/s1. The number of nitrogens with two attached hydrogens (primary N) is 4. The molecule has 33 nitrogen and oxygen atoms in total. The molecule has 1 aromatic heterocycles. The summed E-state index contributed by atoms with van der Waals surface area (Å²) in [7, 11) is 0. The number of rotatable bonds is 45. The highest BCUT2D eigenvalue weighted by molar-refractivity contribution is 6.01. The van der Waals surface area contributed by atoms with Crippen LogP contribution in [0.15, 0.2) is 60.8 Å². The number of aliphatic carboxylic acids is 1. The van der Waals surface area contributed by atoms with Crippen LogP contribution in [0.1, 0.15) is 130 Å². The van der Waals surface area contributed by atoms with Crippen molar-refractivity contribution in [3.63, 3.8) is 0 Å². The Labute approximate surface area is 567 Å². The molecule has 0 radical (unpaired) electrons. The predicted molar refractivity (Wildman–Crippen MR) is 356 cm³/mol. The number of benzene rings is 2. The zero-order chi connectivity index (χ0) is 73.5. The highest BCUT2D eigenvalue weighted by Gasteiger charge is 2.38. The second kappa shape index (κ2) is 41.5. The van der Waals surface area contributed by atoms with Gasteiger partial charge in [0.05, 0.1) is 50.5 Å². The number of aromatic nitrogens is 1. The van der Waals surface area contributed by atoms with Crippen LogP contribution in [-0.2, 0) is 80.0 Å². The Bertz CT molecular complexity index is 3220. The van der Waals surface area contributed by atoms with Crippen molar-refractivity contribution in [2.24, 2.45) is 40.7 Å². The van der Waals surface area contributed by atoms with Gasteiger partial charge >= 0.3 is 5.97 Å². The Balaban J connectivity index is 1.87. The van der Waals surface area contributed by atoms with E-state index in [4.69, 9.17) is 22.9 Å². The van der Waals surface area contributed by atoms with Crippen LogP contribution >= 0.6 is 0 Å². The molecule has 0 spiro atoms. The minimum atomic E-state index is -2.04. The van der Waals surface area contributed by atoms with Gasteiger partial charge < -0.3 is 102 Å². The highest BCUT2D eigenvalue weighted by Crippen LogP contribution is 2.20. The van der Waals surface area contributed by atoms with Crippen molar-refractivity contribution >= 4 is 93.7 Å². The van der Waals surface area contributed by atoms with Gasteiger partial charge in [0.15, 0.2) is 0 Å². The van der Waals surface area contributed by atoms with Gasteiger partial charge in [-0.3, -0.25) is 62.3 Å². The Morgan fingerprint density at radius 1 is 0.480 bits per heavy atom. The fourth-order valence-corrected chi connectivity index (χ4v) is 10.3. The SMILES string of the molecule is CCC(C)C(NC(=O)C(Cc1c[nH]c2ccccc12)NC(=O)CNC(=O)[C@@H](NC(=O)C(CC(O)CCN)NC(=O)C(CC(N)=O)NC(=O)C(CC(N)=O)NC(=O)C(Cc1ccccc1)NC(=O)C(NC(=O)C(CC(N)=O)NC(=O)CC(O)CCCCC(C)C)C(C)C)[C@@H](C)O)C(=O)O. The number of hydrogen-bond donors (Lipinski definition) is 19. The molecule has 3 rings (SSSR count). The molecular formula is C65H99N15O18. The summed E-state index contributed by atoms with van der Waals surface area (Å²) in [4.78, 5) is 192. The molecule has 11 unspecified atom stereocenters. The van der Waals surface area contributed by atoms with E-state index in [0.29, 0.717) is 47.2 Å². The van der Waals surface area contributed by atoms with E-state index in [1.165, 1.54) is 13.8 Å². The van der Waals surface area contributed by atoms with Crippen molar-refractivity contribution in [2.45, 2.75) is 205 Å². The van der Waals surface area contributed by atoms with Gasteiger partial charge in [-0.1, -0.05) is 116 Å². The molecule has 13 atom stereocenters. The number of amides is 13. The van der Waals surface area contributed by atoms with Crippen LogP contribution in [0.2, 0.25) is 0 Å². The van der Waals surface area contributed by atoms with Gasteiger partial charge in [0.1, 0.15) is 54.4 Å². The average molecular weight is 1380 g/mol. The molecule has 0 aliphatic carbocycles. The molecule has 0 saturated carbocycles. The van der Waals surface area contributed by atoms with Crippen molar-refractivity contribution in [3.8, 4) is 0 Å². The molecule has 2 aromatic carbocycles. The van der Waals surface area contributed by atoms with E-state index >= 15 is 0 Å². The van der Waals surface area contributed by atoms with E-state index in [1.807, 2.05) is 0 Å². The minimum absolute atomic E-state index is 0.142. The fourth-order valence-electron chi connectivity index (χ4n) is 10.3. The predicted octanol–water partition coefficient (Wildman–Crippen LogP) is -3.71. The summed E-state index contributed by atoms with van der Waals surface area (Å²) in [6.45, 7) is 10.6. The van der Waals surface area contributed by atoms with E-state index in [1.54, 1.807) is 74.6 Å². The van der Waals surface area contributed by atoms with Crippen LogP contribution < -0.4 is 76.1 Å². The molecule has 0 aliphatic rings. The summed E-state index contributed by atoms with van der Waals surface area (Å²) in [5, 5.41) is 66.5. The third kappa shape index (κ3) is 29.0. The van der Waals surface area contributed by atoms with Crippen molar-refractivity contribution in [2.75, 3.05) is 13.1 Å². The van der Waals surface area contributed by atoms with Crippen LogP contribution in [0.4, 0.5) is 0 Å². The highest BCUT2D eigenvalue weighted by atomic mass is 16.4. The summed E-state index contributed by atoms with van der Waals surface area (Å²) >= 11 is 0. The fraction of sp³-hybridized carbons (Fsp3) is 0.569. The van der Waals surface area contributed by atoms with Gasteiger partial charge in [-0.15, -0.1) is 0 Å². The van der Waals surface area contributed by atoms with Gasteiger partial charge in [0.2, 0.25) is 76.8 Å². The largest absolute Gasteiger partial charge is 0.480 e. The maximum Gasteiger partial charge on any atom is 0.326 e. The molecule has 13 amide bonds. The van der Waals surface area contributed by atoms with Crippen molar-refractivity contribution in [1.82, 2.24) is 58.2 Å². The number of fused-ring (bicyclic) bond motifs is 1. The third-order valence-corrected chi connectivity index (χ3v) is 15.9. The third-order valence-electron chi connectivity index (χ3n) is 15.9. The van der Waals surface area contributed by atoms with E-state index in [-0.39, 0.29) is 25.8 Å². The molecule has 0 bridgehead atoms. The van der Waals surface area contributed by atoms with Crippen LogP contribution in [0, 0.1) is 17.8 Å². The molecular weight excluding hydrogens is 1280 g/mol. The molecule has 0 saturated heterocycles. The second-order valence-electron chi connectivity index (χ2n) is 25.1. The summed E-state index contributed by atoms with van der Waals surface area (Å²) < 4.78 is 0. The average Bonchev–Trinajstić information content (AvgIpc) is 1.47. The van der Waals surface area contributed by atoms with Gasteiger partial charge in [-0.2, -0.15) is 0 Å². The number of hydrogen-bond acceptors (Lipinski definition) is 18. The lowest BCUT2D eigenvalue weighted by molar-refractivity contribution is -0.143. The minimum Gasteiger partial charge on any atom is -0.480 e. The van der Waals surface area contributed by atoms with Crippen molar-refractivity contribution in [3.05, 3.63) is 71.9 Å². The number of carboxylic acid groups (broad SMARTS) is 1. The van der Waals surface area contributed by atoms with Crippen molar-refractivity contribution < 1.29 is 87.5 Å². The van der Waals surface area contributed by atoms with Crippen molar-refractivity contribution in [1.29, 1.82) is 0 Å². The quantitative estimate of drug-likeness (QED) is 0.0242.